The molecule has 0 N–H and O–H groups in total. The van der Waals surface area contributed by atoms with Crippen LogP contribution in [0.3, 0.4) is 0 Å². The van der Waals surface area contributed by atoms with Gasteiger partial charge in [0, 0.05) is 36.1 Å². The summed E-state index contributed by atoms with van der Waals surface area (Å²) in [6.45, 7) is 9.48. The molecule has 0 saturated carbocycles. The number of nitrogens with zero attached hydrogens (tertiary/aromatic N) is 6. The fraction of sp³-hybridized carbons (Fsp3) is 0.308. The zero-order valence-corrected chi connectivity index (χ0v) is 19.3. The van der Waals surface area contributed by atoms with Crippen LogP contribution < -0.4 is 4.90 Å². The van der Waals surface area contributed by atoms with Crippen LogP contribution in [0.15, 0.2) is 55.1 Å². The van der Waals surface area contributed by atoms with E-state index in [9.17, 15) is 9.65 Å². The first-order chi connectivity index (χ1) is 15.9. The van der Waals surface area contributed by atoms with Gasteiger partial charge in [-0.3, -0.25) is 4.57 Å². The van der Waals surface area contributed by atoms with Crippen molar-refractivity contribution in [2.45, 2.75) is 40.2 Å². The minimum atomic E-state index is -0.316. The van der Waals surface area contributed by atoms with Gasteiger partial charge in [0.25, 0.3) is 0 Å². The van der Waals surface area contributed by atoms with Crippen LogP contribution in [0.5, 0.6) is 0 Å². The molecule has 0 amide bonds. The van der Waals surface area contributed by atoms with Crippen molar-refractivity contribution in [1.82, 2.24) is 19.5 Å². The van der Waals surface area contributed by atoms with Gasteiger partial charge in [-0.2, -0.15) is 5.26 Å². The maximum atomic E-state index is 15.0. The van der Waals surface area contributed by atoms with Gasteiger partial charge >= 0.3 is 0 Å². The SMILES string of the molecule is CC[C@H](C)N(CC(C)C)c1ncnc2c1c(-c1ccccc1F)cn2-c1cc(C#N)ccn1. The van der Waals surface area contributed by atoms with Crippen LogP contribution in [0.2, 0.25) is 0 Å². The lowest BCUT2D eigenvalue weighted by molar-refractivity contribution is 0.538. The monoisotopic (exact) mass is 442 g/mol. The molecule has 0 fully saturated rings. The molecule has 0 aliphatic rings. The Labute approximate surface area is 193 Å². The summed E-state index contributed by atoms with van der Waals surface area (Å²) in [7, 11) is 0. The van der Waals surface area contributed by atoms with E-state index in [-0.39, 0.29) is 11.9 Å². The molecule has 0 saturated heterocycles. The number of fused-ring (bicyclic) bond motifs is 1. The molecule has 0 bridgehead atoms. The summed E-state index contributed by atoms with van der Waals surface area (Å²) in [5.41, 5.74) is 2.28. The number of rotatable bonds is 7. The summed E-state index contributed by atoms with van der Waals surface area (Å²) >= 11 is 0. The standard InChI is InChI=1S/C26H27FN6/c1-5-18(4)32(14-17(2)3)25-24-21(20-8-6-7-9-22(20)27)15-33(26(24)31-16-30-25)23-12-19(13-28)10-11-29-23/h6-12,15-18H,5,14H2,1-4H3/t18-/m0/s1. The second-order valence-electron chi connectivity index (χ2n) is 8.61. The third-order valence-corrected chi connectivity index (χ3v) is 5.81. The minimum absolute atomic E-state index is 0.238. The molecule has 33 heavy (non-hydrogen) atoms. The van der Waals surface area contributed by atoms with Gasteiger partial charge < -0.3 is 4.90 Å². The van der Waals surface area contributed by atoms with E-state index >= 15 is 0 Å². The number of benzene rings is 1. The lowest BCUT2D eigenvalue weighted by atomic mass is 10.0. The van der Waals surface area contributed by atoms with Crippen molar-refractivity contribution in [3.05, 3.63) is 66.5 Å². The number of halogens is 1. The molecule has 0 radical (unpaired) electrons. The highest BCUT2D eigenvalue weighted by Gasteiger charge is 2.25. The average Bonchev–Trinajstić information content (AvgIpc) is 3.22. The number of anilines is 1. The highest BCUT2D eigenvalue weighted by Crippen LogP contribution is 2.38. The second kappa shape index (κ2) is 9.37. The number of hydrogen-bond acceptors (Lipinski definition) is 5. The van der Waals surface area contributed by atoms with Crippen molar-refractivity contribution >= 4 is 16.9 Å². The highest BCUT2D eigenvalue weighted by molar-refractivity contribution is 6.02. The molecule has 4 aromatic rings. The molecular formula is C26H27FN6. The van der Waals surface area contributed by atoms with Crippen molar-refractivity contribution < 1.29 is 4.39 Å². The van der Waals surface area contributed by atoms with Gasteiger partial charge in [0.1, 0.15) is 23.8 Å². The maximum absolute atomic E-state index is 15.0. The average molecular weight is 443 g/mol. The van der Waals surface area contributed by atoms with E-state index in [4.69, 9.17) is 4.98 Å². The van der Waals surface area contributed by atoms with E-state index in [1.165, 1.54) is 6.07 Å². The molecule has 3 heterocycles. The Balaban J connectivity index is 2.06. The molecule has 6 nitrogen and oxygen atoms in total. The third kappa shape index (κ3) is 4.29. The zero-order valence-electron chi connectivity index (χ0n) is 19.3. The van der Waals surface area contributed by atoms with Crippen LogP contribution in [-0.2, 0) is 0 Å². The van der Waals surface area contributed by atoms with Crippen LogP contribution in [0.25, 0.3) is 28.0 Å². The first-order valence-electron chi connectivity index (χ1n) is 11.2. The summed E-state index contributed by atoms with van der Waals surface area (Å²) in [4.78, 5) is 16.0. The van der Waals surface area contributed by atoms with Gasteiger partial charge in [-0.15, -0.1) is 0 Å². The van der Waals surface area contributed by atoms with Crippen molar-refractivity contribution in [3.63, 3.8) is 0 Å². The molecule has 7 heteroatoms. The summed E-state index contributed by atoms with van der Waals surface area (Å²) in [6, 6.07) is 12.5. The predicted molar refractivity (Wildman–Crippen MR) is 129 cm³/mol. The quantitative estimate of drug-likeness (QED) is 0.364. The fourth-order valence-electron chi connectivity index (χ4n) is 4.03. The highest BCUT2D eigenvalue weighted by atomic mass is 19.1. The fourth-order valence-corrected chi connectivity index (χ4v) is 4.03. The topological polar surface area (TPSA) is 70.6 Å². The van der Waals surface area contributed by atoms with E-state index in [1.54, 1.807) is 36.8 Å². The van der Waals surface area contributed by atoms with E-state index < -0.39 is 0 Å². The number of nitriles is 1. The molecule has 168 valence electrons. The Kier molecular flexibility index (Phi) is 6.36. The largest absolute Gasteiger partial charge is 0.353 e. The molecule has 0 aliphatic carbocycles. The minimum Gasteiger partial charge on any atom is -0.353 e. The van der Waals surface area contributed by atoms with Crippen LogP contribution >= 0.6 is 0 Å². The first kappa shape index (κ1) is 22.4. The number of pyridine rings is 1. The van der Waals surface area contributed by atoms with Crippen LogP contribution in [0.1, 0.15) is 39.7 Å². The lowest BCUT2D eigenvalue weighted by Gasteiger charge is -2.32. The van der Waals surface area contributed by atoms with E-state index in [0.29, 0.717) is 34.1 Å². The summed E-state index contributed by atoms with van der Waals surface area (Å²) in [6.07, 6.45) is 5.92. The Morgan fingerprint density at radius 2 is 1.88 bits per heavy atom. The van der Waals surface area contributed by atoms with E-state index in [2.05, 4.69) is 48.6 Å². The number of hydrogen-bond donors (Lipinski definition) is 0. The summed E-state index contributed by atoms with van der Waals surface area (Å²) in [5.74, 6) is 1.42. The van der Waals surface area contributed by atoms with Gasteiger partial charge in [0.2, 0.25) is 0 Å². The first-order valence-corrected chi connectivity index (χ1v) is 11.2. The molecule has 4 rings (SSSR count). The maximum Gasteiger partial charge on any atom is 0.151 e. The van der Waals surface area contributed by atoms with Crippen LogP contribution in [-0.4, -0.2) is 32.1 Å². The smallest absolute Gasteiger partial charge is 0.151 e. The molecular weight excluding hydrogens is 415 g/mol. The molecule has 1 aromatic carbocycles. The van der Waals surface area contributed by atoms with Gasteiger partial charge in [-0.1, -0.05) is 39.0 Å². The van der Waals surface area contributed by atoms with Crippen molar-refractivity contribution in [1.29, 1.82) is 5.26 Å². The molecule has 3 aromatic heterocycles. The van der Waals surface area contributed by atoms with Crippen molar-refractivity contribution in [2.75, 3.05) is 11.4 Å². The van der Waals surface area contributed by atoms with Gasteiger partial charge in [-0.05, 0) is 37.5 Å². The lowest BCUT2D eigenvalue weighted by Crippen LogP contribution is -2.36. The normalized spacial score (nSPS) is 12.2. The van der Waals surface area contributed by atoms with Crippen molar-refractivity contribution in [2.24, 2.45) is 5.92 Å². The molecule has 0 spiro atoms. The van der Waals surface area contributed by atoms with Crippen molar-refractivity contribution in [3.8, 4) is 23.0 Å². The Hall–Kier alpha value is -3.79. The summed E-state index contributed by atoms with van der Waals surface area (Å²) in [5, 5.41) is 10.1. The Morgan fingerprint density at radius 3 is 2.58 bits per heavy atom. The van der Waals surface area contributed by atoms with Gasteiger partial charge in [-0.25, -0.2) is 19.3 Å². The Bertz CT molecular complexity index is 1320. The third-order valence-electron chi connectivity index (χ3n) is 5.81. The predicted octanol–water partition coefficient (Wildman–Crippen LogP) is 5.75. The van der Waals surface area contributed by atoms with E-state index in [1.807, 2.05) is 16.8 Å². The van der Waals surface area contributed by atoms with Gasteiger partial charge in [0.05, 0.1) is 17.0 Å². The van der Waals surface area contributed by atoms with Crippen LogP contribution in [0, 0.1) is 23.1 Å². The Morgan fingerprint density at radius 1 is 1.09 bits per heavy atom. The molecule has 0 unspecified atom stereocenters. The van der Waals surface area contributed by atoms with Gasteiger partial charge in [0.15, 0.2) is 5.65 Å². The summed E-state index contributed by atoms with van der Waals surface area (Å²) < 4.78 is 16.8. The second-order valence-corrected chi connectivity index (χ2v) is 8.61. The van der Waals surface area contributed by atoms with E-state index in [0.717, 1.165) is 24.2 Å². The molecule has 1 atom stereocenters. The van der Waals surface area contributed by atoms with Crippen LogP contribution in [0.4, 0.5) is 10.2 Å². The zero-order chi connectivity index (χ0) is 23.5. The molecule has 0 aliphatic heterocycles. The number of aromatic nitrogens is 4.